The fraction of sp³-hybridized carbons (Fsp3) is 0.800. The topological polar surface area (TPSA) is 20.2 Å². The van der Waals surface area contributed by atoms with Gasteiger partial charge >= 0.3 is 0 Å². The van der Waals surface area contributed by atoms with Gasteiger partial charge in [0.1, 0.15) is 0 Å². The van der Waals surface area contributed by atoms with Crippen molar-refractivity contribution in [3.05, 3.63) is 12.2 Å². The summed E-state index contributed by atoms with van der Waals surface area (Å²) >= 11 is 3.79. The molecular weight excluding hydrogens is 216 g/mol. The van der Waals surface area contributed by atoms with Crippen LogP contribution in [0.15, 0.2) is 12.2 Å². The van der Waals surface area contributed by atoms with Crippen LogP contribution >= 0.6 is 15.9 Å². The minimum absolute atomic E-state index is 0.195. The van der Waals surface area contributed by atoms with E-state index in [-0.39, 0.29) is 11.5 Å². The van der Waals surface area contributed by atoms with Crippen LogP contribution in [0.5, 0.6) is 0 Å². The number of fused-ring (bicyclic) bond motifs is 1. The molecule has 4 aliphatic rings. The van der Waals surface area contributed by atoms with Gasteiger partial charge in [-0.25, -0.2) is 0 Å². The van der Waals surface area contributed by atoms with Crippen molar-refractivity contribution in [2.45, 2.75) is 30.2 Å². The molecule has 1 N–H and O–H groups in total. The zero-order valence-corrected chi connectivity index (χ0v) is 8.71. The maximum absolute atomic E-state index is 9.92. The molecule has 12 heavy (non-hydrogen) atoms. The summed E-state index contributed by atoms with van der Waals surface area (Å²) in [6.07, 6.45) is 6.36. The molecule has 2 heteroatoms. The fourth-order valence-corrected chi connectivity index (χ4v) is 5.55. The molecule has 66 valence electrons. The second kappa shape index (κ2) is 1.83. The summed E-state index contributed by atoms with van der Waals surface area (Å²) in [6, 6.07) is 0. The molecule has 4 rings (SSSR count). The number of hydrogen-bond donors (Lipinski definition) is 1. The average molecular weight is 229 g/mol. The van der Waals surface area contributed by atoms with Crippen LogP contribution in [0.3, 0.4) is 0 Å². The summed E-state index contributed by atoms with van der Waals surface area (Å²) in [5, 5.41) is 9.92. The monoisotopic (exact) mass is 228 g/mol. The van der Waals surface area contributed by atoms with Crippen LogP contribution in [0.2, 0.25) is 0 Å². The molecule has 2 bridgehead atoms. The van der Waals surface area contributed by atoms with E-state index in [1.54, 1.807) is 0 Å². The van der Waals surface area contributed by atoms with Crippen LogP contribution in [-0.2, 0) is 0 Å². The van der Waals surface area contributed by atoms with E-state index in [4.69, 9.17) is 0 Å². The zero-order chi connectivity index (χ0) is 8.56. The standard InChI is InChI=1S/C10H13BrO/c1-2-3-8(12)9-6-4-5-7(9)10(6,9)11/h2-3,6-8,12H,4-5H2,1H3/b3-2+. The van der Waals surface area contributed by atoms with Gasteiger partial charge in [0.2, 0.25) is 0 Å². The van der Waals surface area contributed by atoms with E-state index in [1.165, 1.54) is 12.8 Å². The Kier molecular flexibility index (Phi) is 1.15. The maximum Gasteiger partial charge on any atom is 0.0797 e. The molecule has 0 aromatic rings. The zero-order valence-electron chi connectivity index (χ0n) is 7.13. The molecule has 4 saturated carbocycles. The molecule has 3 atom stereocenters. The van der Waals surface area contributed by atoms with Crippen LogP contribution in [0.25, 0.3) is 0 Å². The molecule has 0 aromatic heterocycles. The van der Waals surface area contributed by atoms with E-state index in [1.807, 2.05) is 19.1 Å². The summed E-state index contributed by atoms with van der Waals surface area (Å²) in [5.41, 5.74) is 0.277. The summed E-state index contributed by atoms with van der Waals surface area (Å²) in [5.74, 6) is 1.56. The normalized spacial score (nSPS) is 61.9. The van der Waals surface area contributed by atoms with Crippen molar-refractivity contribution >= 4 is 15.9 Å². The third kappa shape index (κ3) is 0.460. The second-order valence-corrected chi connectivity index (χ2v) is 5.67. The highest BCUT2D eigenvalue weighted by Gasteiger charge is 3.00. The smallest absolute Gasteiger partial charge is 0.0797 e. The Morgan fingerprint density at radius 2 is 2.08 bits per heavy atom. The van der Waals surface area contributed by atoms with Gasteiger partial charge in [0, 0.05) is 9.74 Å². The van der Waals surface area contributed by atoms with Gasteiger partial charge in [0.05, 0.1) is 6.10 Å². The predicted octanol–water partition coefficient (Wildman–Crippen LogP) is 2.10. The molecule has 0 amide bonds. The molecule has 4 aliphatic carbocycles. The van der Waals surface area contributed by atoms with Gasteiger partial charge in [-0.1, -0.05) is 28.1 Å². The Morgan fingerprint density at radius 3 is 2.50 bits per heavy atom. The lowest BCUT2D eigenvalue weighted by Crippen LogP contribution is -2.16. The highest BCUT2D eigenvalue weighted by Crippen LogP contribution is 2.98. The fourth-order valence-electron chi connectivity index (χ4n) is 3.77. The molecule has 0 heterocycles. The number of hydrogen-bond acceptors (Lipinski definition) is 1. The van der Waals surface area contributed by atoms with Gasteiger partial charge in [-0.15, -0.1) is 0 Å². The molecule has 4 fully saturated rings. The Hall–Kier alpha value is 0.180. The Bertz CT molecular complexity index is 259. The number of allylic oxidation sites excluding steroid dienone is 1. The molecular formula is C10H13BrO. The van der Waals surface area contributed by atoms with Crippen LogP contribution in [0, 0.1) is 17.3 Å². The molecule has 1 nitrogen and oxygen atoms in total. The maximum atomic E-state index is 9.92. The molecule has 3 unspecified atom stereocenters. The van der Waals surface area contributed by atoms with E-state index in [2.05, 4.69) is 15.9 Å². The Balaban J connectivity index is 1.89. The van der Waals surface area contributed by atoms with Crippen molar-refractivity contribution in [2.75, 3.05) is 0 Å². The second-order valence-electron chi connectivity index (χ2n) is 4.35. The van der Waals surface area contributed by atoms with Gasteiger partial charge < -0.3 is 5.11 Å². The number of halogens is 1. The molecule has 0 aliphatic heterocycles. The summed E-state index contributed by atoms with van der Waals surface area (Å²) in [6.45, 7) is 1.97. The summed E-state index contributed by atoms with van der Waals surface area (Å²) in [7, 11) is 0. The quantitative estimate of drug-likeness (QED) is 0.567. The first kappa shape index (κ1) is 7.57. The van der Waals surface area contributed by atoms with Crippen molar-refractivity contribution in [2.24, 2.45) is 17.3 Å². The van der Waals surface area contributed by atoms with Gasteiger partial charge in [-0.2, -0.15) is 0 Å². The van der Waals surface area contributed by atoms with Gasteiger partial charge in [-0.3, -0.25) is 0 Å². The first-order valence-corrected chi connectivity index (χ1v) is 5.49. The molecule has 0 spiro atoms. The number of aliphatic hydroxyl groups is 1. The minimum atomic E-state index is -0.195. The van der Waals surface area contributed by atoms with Crippen LogP contribution < -0.4 is 0 Å². The highest BCUT2D eigenvalue weighted by atomic mass is 79.9. The van der Waals surface area contributed by atoms with E-state index in [0.717, 1.165) is 11.8 Å². The van der Waals surface area contributed by atoms with Gasteiger partial charge in [0.15, 0.2) is 0 Å². The molecule has 0 aromatic carbocycles. The third-order valence-corrected chi connectivity index (χ3v) is 6.06. The third-order valence-electron chi connectivity index (χ3n) is 4.27. The van der Waals surface area contributed by atoms with Crippen LogP contribution in [0.4, 0.5) is 0 Å². The minimum Gasteiger partial charge on any atom is -0.388 e. The lowest BCUT2D eigenvalue weighted by Gasteiger charge is -2.11. The molecule has 0 radical (unpaired) electrons. The van der Waals surface area contributed by atoms with Crippen LogP contribution in [-0.4, -0.2) is 15.5 Å². The predicted molar refractivity (Wildman–Crippen MR) is 51.1 cm³/mol. The Labute approximate surface area is 81.0 Å². The van der Waals surface area contributed by atoms with Gasteiger partial charge in [-0.05, 0) is 31.6 Å². The van der Waals surface area contributed by atoms with Gasteiger partial charge in [0.25, 0.3) is 0 Å². The van der Waals surface area contributed by atoms with Crippen molar-refractivity contribution in [3.8, 4) is 0 Å². The van der Waals surface area contributed by atoms with Crippen molar-refractivity contribution in [3.63, 3.8) is 0 Å². The number of alkyl halides is 1. The largest absolute Gasteiger partial charge is 0.388 e. The summed E-state index contributed by atoms with van der Waals surface area (Å²) in [4.78, 5) is 0. The molecule has 0 saturated heterocycles. The van der Waals surface area contributed by atoms with E-state index >= 15 is 0 Å². The number of aliphatic hydroxyl groups excluding tert-OH is 1. The van der Waals surface area contributed by atoms with Crippen molar-refractivity contribution < 1.29 is 5.11 Å². The number of rotatable bonds is 2. The van der Waals surface area contributed by atoms with Crippen molar-refractivity contribution in [1.82, 2.24) is 0 Å². The SMILES string of the molecule is C/C=C/C(O)C12C3CCC1C32Br. The average Bonchev–Trinajstić information content (AvgIpc) is 2.56. The lowest BCUT2D eigenvalue weighted by molar-refractivity contribution is 0.151. The van der Waals surface area contributed by atoms with Crippen molar-refractivity contribution in [1.29, 1.82) is 0 Å². The first-order valence-electron chi connectivity index (χ1n) is 4.70. The summed E-state index contributed by atoms with van der Waals surface area (Å²) < 4.78 is 0.374. The van der Waals surface area contributed by atoms with E-state index < -0.39 is 0 Å². The first-order chi connectivity index (χ1) is 5.70. The highest BCUT2D eigenvalue weighted by molar-refractivity contribution is 9.10. The Morgan fingerprint density at radius 1 is 1.50 bits per heavy atom. The lowest BCUT2D eigenvalue weighted by atomic mass is 9.99. The van der Waals surface area contributed by atoms with Crippen LogP contribution in [0.1, 0.15) is 19.8 Å². The van der Waals surface area contributed by atoms with E-state index in [9.17, 15) is 5.11 Å². The van der Waals surface area contributed by atoms with E-state index in [0.29, 0.717) is 4.32 Å².